The van der Waals surface area contributed by atoms with Gasteiger partial charge in [-0.2, -0.15) is 0 Å². The van der Waals surface area contributed by atoms with Crippen molar-refractivity contribution in [1.82, 2.24) is 0 Å². The van der Waals surface area contributed by atoms with Crippen molar-refractivity contribution in [2.45, 2.75) is 53.0 Å². The highest BCUT2D eigenvalue weighted by molar-refractivity contribution is 6.03. The highest BCUT2D eigenvalue weighted by atomic mass is 16.5. The van der Waals surface area contributed by atoms with Gasteiger partial charge in [-0.25, -0.2) is 4.79 Å². The molecule has 0 aromatic heterocycles. The molecule has 0 saturated heterocycles. The van der Waals surface area contributed by atoms with Crippen LogP contribution in [0.25, 0.3) is 0 Å². The second-order valence-corrected chi connectivity index (χ2v) is 8.49. The van der Waals surface area contributed by atoms with Crippen LogP contribution in [0.2, 0.25) is 0 Å². The van der Waals surface area contributed by atoms with Gasteiger partial charge in [0.2, 0.25) is 0 Å². The lowest BCUT2D eigenvalue weighted by atomic mass is 10.0. The number of methoxy groups -OCH3 is 1. The summed E-state index contributed by atoms with van der Waals surface area (Å²) in [6.45, 7) is 8.90. The van der Waals surface area contributed by atoms with Gasteiger partial charge in [0.05, 0.1) is 19.3 Å². The van der Waals surface area contributed by atoms with Gasteiger partial charge in [-0.15, -0.1) is 0 Å². The van der Waals surface area contributed by atoms with E-state index in [1.165, 1.54) is 5.56 Å². The Balaban J connectivity index is 1.98. The fourth-order valence-corrected chi connectivity index (χ4v) is 3.95. The number of urea groups is 1. The van der Waals surface area contributed by atoms with Crippen LogP contribution < -0.4 is 20.7 Å². The molecule has 0 atom stereocenters. The van der Waals surface area contributed by atoms with E-state index < -0.39 is 0 Å². The number of nitrogens with zero attached hydrogens (tertiary/aromatic N) is 1. The Morgan fingerprint density at radius 3 is 2.18 bits per heavy atom. The molecule has 3 rings (SSSR count). The Morgan fingerprint density at radius 1 is 0.970 bits per heavy atom. The number of amides is 2. The van der Waals surface area contributed by atoms with Crippen molar-refractivity contribution in [3.8, 4) is 5.75 Å². The summed E-state index contributed by atoms with van der Waals surface area (Å²) in [5.74, 6) is 1.21. The number of nitrogens with one attached hydrogen (secondary N) is 1. The maximum Gasteiger partial charge on any atom is 0.326 e. The summed E-state index contributed by atoms with van der Waals surface area (Å²) in [5.41, 5.74) is 12.9. The minimum Gasteiger partial charge on any atom is -0.497 e. The van der Waals surface area contributed by atoms with Gasteiger partial charge in [-0.3, -0.25) is 4.90 Å². The zero-order valence-electron chi connectivity index (χ0n) is 20.3. The quantitative estimate of drug-likeness (QED) is 0.376. The Morgan fingerprint density at radius 2 is 1.64 bits per heavy atom. The smallest absolute Gasteiger partial charge is 0.326 e. The Kier molecular flexibility index (Phi) is 7.99. The van der Waals surface area contributed by atoms with Gasteiger partial charge >= 0.3 is 6.03 Å². The molecule has 0 heterocycles. The zero-order valence-corrected chi connectivity index (χ0v) is 20.3. The number of ether oxygens (including phenoxy) is 1. The van der Waals surface area contributed by atoms with Gasteiger partial charge < -0.3 is 15.8 Å². The topological polar surface area (TPSA) is 67.6 Å². The third kappa shape index (κ3) is 5.67. The lowest BCUT2D eigenvalue weighted by Crippen LogP contribution is -2.35. The van der Waals surface area contributed by atoms with Gasteiger partial charge in [0.1, 0.15) is 5.75 Å². The number of nitrogen functional groups attached to an aromatic ring is 1. The third-order valence-corrected chi connectivity index (χ3v) is 6.02. The predicted octanol–water partition coefficient (Wildman–Crippen LogP) is 6.76. The molecule has 0 radical (unpaired) electrons. The van der Waals surface area contributed by atoms with E-state index in [1.54, 1.807) is 12.0 Å². The molecule has 0 bridgehead atoms. The molecule has 3 aromatic rings. The van der Waals surface area contributed by atoms with Crippen LogP contribution in [0.3, 0.4) is 0 Å². The summed E-state index contributed by atoms with van der Waals surface area (Å²) in [7, 11) is 1.65. The molecule has 0 aliphatic rings. The summed E-state index contributed by atoms with van der Waals surface area (Å²) in [6, 6.07) is 19.7. The Hall–Kier alpha value is -3.47. The molecule has 5 heteroatoms. The van der Waals surface area contributed by atoms with Crippen LogP contribution in [-0.2, 0) is 19.4 Å². The SMILES string of the molecule is CCc1ccc(N)c(CC)c1NC(=O)N(Cc1ccc(OC)cc1)c1ccc(C(C)C)cc1. The summed E-state index contributed by atoms with van der Waals surface area (Å²) >= 11 is 0. The summed E-state index contributed by atoms with van der Waals surface area (Å²) < 4.78 is 5.28. The van der Waals surface area contributed by atoms with Gasteiger partial charge in [-0.05, 0) is 71.3 Å². The fraction of sp³-hybridized carbons (Fsp3) is 0.321. The first kappa shape index (κ1) is 24.2. The minimum absolute atomic E-state index is 0.182. The van der Waals surface area contributed by atoms with Crippen molar-refractivity contribution in [1.29, 1.82) is 0 Å². The van der Waals surface area contributed by atoms with Gasteiger partial charge in [0.25, 0.3) is 0 Å². The second kappa shape index (κ2) is 10.9. The first-order chi connectivity index (χ1) is 15.9. The molecule has 0 aliphatic heterocycles. The van der Waals surface area contributed by atoms with Crippen LogP contribution in [0.1, 0.15) is 55.9 Å². The Labute approximate surface area is 197 Å². The lowest BCUT2D eigenvalue weighted by Gasteiger charge is -2.26. The van der Waals surface area contributed by atoms with Gasteiger partial charge in [-0.1, -0.05) is 58.0 Å². The van der Waals surface area contributed by atoms with E-state index in [0.29, 0.717) is 18.2 Å². The van der Waals surface area contributed by atoms with Crippen molar-refractivity contribution in [2.75, 3.05) is 23.1 Å². The van der Waals surface area contributed by atoms with Gasteiger partial charge in [0, 0.05) is 11.4 Å². The number of aryl methyl sites for hydroxylation is 1. The van der Waals surface area contributed by atoms with Crippen LogP contribution in [0.4, 0.5) is 21.9 Å². The van der Waals surface area contributed by atoms with E-state index in [4.69, 9.17) is 10.5 Å². The van der Waals surface area contributed by atoms with Crippen LogP contribution in [0, 0.1) is 0 Å². The monoisotopic (exact) mass is 445 g/mol. The largest absolute Gasteiger partial charge is 0.497 e. The summed E-state index contributed by atoms with van der Waals surface area (Å²) in [4.78, 5) is 15.4. The number of benzene rings is 3. The molecule has 0 spiro atoms. The number of anilines is 3. The first-order valence-electron chi connectivity index (χ1n) is 11.6. The van der Waals surface area contributed by atoms with Crippen molar-refractivity contribution in [2.24, 2.45) is 0 Å². The van der Waals surface area contributed by atoms with Crippen molar-refractivity contribution < 1.29 is 9.53 Å². The number of nitrogens with two attached hydrogens (primary N) is 1. The maximum atomic E-state index is 13.7. The second-order valence-electron chi connectivity index (χ2n) is 8.49. The van der Waals surface area contributed by atoms with E-state index >= 15 is 0 Å². The molecule has 3 N–H and O–H groups in total. The van der Waals surface area contributed by atoms with Crippen molar-refractivity contribution in [3.63, 3.8) is 0 Å². The average Bonchev–Trinajstić information content (AvgIpc) is 2.83. The molecular formula is C28H35N3O2. The van der Waals surface area contributed by atoms with Crippen molar-refractivity contribution in [3.05, 3.63) is 82.9 Å². The highest BCUT2D eigenvalue weighted by Gasteiger charge is 2.20. The molecule has 0 saturated carbocycles. The molecule has 2 amide bonds. The van der Waals surface area contributed by atoms with Crippen LogP contribution in [0.5, 0.6) is 5.75 Å². The maximum absolute atomic E-state index is 13.7. The highest BCUT2D eigenvalue weighted by Crippen LogP contribution is 2.30. The van der Waals surface area contributed by atoms with E-state index in [0.717, 1.165) is 46.7 Å². The lowest BCUT2D eigenvalue weighted by molar-refractivity contribution is 0.256. The van der Waals surface area contributed by atoms with Crippen LogP contribution in [-0.4, -0.2) is 13.1 Å². The van der Waals surface area contributed by atoms with Crippen LogP contribution in [0.15, 0.2) is 60.7 Å². The van der Waals surface area contributed by atoms with E-state index in [1.807, 2.05) is 48.5 Å². The fourth-order valence-electron chi connectivity index (χ4n) is 3.95. The molecule has 0 aliphatic carbocycles. The molecule has 5 nitrogen and oxygen atoms in total. The standard InChI is InChI=1S/C28H35N3O2/c1-6-21-12-17-26(29)25(7-2)27(21)30-28(32)31(18-20-8-15-24(33-5)16-9-20)23-13-10-22(11-14-23)19(3)4/h8-17,19H,6-7,18,29H2,1-5H3,(H,30,32). The number of rotatable bonds is 8. The number of hydrogen-bond donors (Lipinski definition) is 2. The third-order valence-electron chi connectivity index (χ3n) is 6.02. The molecule has 174 valence electrons. The molecule has 3 aromatic carbocycles. The molecule has 0 unspecified atom stereocenters. The Bertz CT molecular complexity index is 1070. The van der Waals surface area contributed by atoms with E-state index in [-0.39, 0.29) is 6.03 Å². The molecular weight excluding hydrogens is 410 g/mol. The average molecular weight is 446 g/mol. The van der Waals surface area contributed by atoms with Crippen molar-refractivity contribution >= 4 is 23.1 Å². The molecule has 33 heavy (non-hydrogen) atoms. The summed E-state index contributed by atoms with van der Waals surface area (Å²) in [6.07, 6.45) is 1.56. The zero-order chi connectivity index (χ0) is 24.0. The number of carbonyl (C=O) groups excluding carboxylic acids is 1. The molecule has 0 fully saturated rings. The first-order valence-corrected chi connectivity index (χ1v) is 11.6. The van der Waals surface area contributed by atoms with Crippen LogP contribution >= 0.6 is 0 Å². The van der Waals surface area contributed by atoms with E-state index in [2.05, 4.69) is 45.1 Å². The number of carbonyl (C=O) groups is 1. The minimum atomic E-state index is -0.182. The van der Waals surface area contributed by atoms with E-state index in [9.17, 15) is 4.79 Å². The predicted molar refractivity (Wildman–Crippen MR) is 138 cm³/mol. The number of hydrogen-bond acceptors (Lipinski definition) is 3. The summed E-state index contributed by atoms with van der Waals surface area (Å²) in [5, 5.41) is 3.18. The normalized spacial score (nSPS) is 10.8. The van der Waals surface area contributed by atoms with Gasteiger partial charge in [0.15, 0.2) is 0 Å².